The summed E-state index contributed by atoms with van der Waals surface area (Å²) in [6.07, 6.45) is 2.87. The van der Waals surface area contributed by atoms with Crippen molar-refractivity contribution in [2.75, 3.05) is 42.7 Å². The van der Waals surface area contributed by atoms with Gasteiger partial charge in [-0.1, -0.05) is 0 Å². The highest BCUT2D eigenvalue weighted by atomic mass is 32.2. The van der Waals surface area contributed by atoms with Gasteiger partial charge in [-0.15, -0.1) is 23.1 Å². The van der Waals surface area contributed by atoms with E-state index in [1.807, 2.05) is 11.0 Å². The van der Waals surface area contributed by atoms with Gasteiger partial charge in [0, 0.05) is 66.0 Å². The highest BCUT2D eigenvalue weighted by molar-refractivity contribution is 7.99. The molecule has 2 atom stereocenters. The van der Waals surface area contributed by atoms with Crippen LogP contribution in [0.5, 0.6) is 0 Å². The predicted molar refractivity (Wildman–Crippen MR) is 164 cm³/mol. The van der Waals surface area contributed by atoms with E-state index in [4.69, 9.17) is 0 Å². The summed E-state index contributed by atoms with van der Waals surface area (Å²) in [5.74, 6) is 1.19. The Labute approximate surface area is 256 Å². The highest BCUT2D eigenvalue weighted by Gasteiger charge is 2.40. The minimum absolute atomic E-state index is 0.0813. The summed E-state index contributed by atoms with van der Waals surface area (Å²) in [7, 11) is 2.23. The molecule has 3 aromatic rings. The number of carbonyl (C=O) groups excluding carboxylic acids is 1. The van der Waals surface area contributed by atoms with Crippen molar-refractivity contribution in [2.24, 2.45) is 0 Å². The summed E-state index contributed by atoms with van der Waals surface area (Å²) in [5, 5.41) is 3.27. The molecule has 12 heteroatoms. The second-order valence-corrected chi connectivity index (χ2v) is 14.7. The number of fused-ring (bicyclic) bond motifs is 3. The van der Waals surface area contributed by atoms with E-state index in [-0.39, 0.29) is 23.6 Å². The van der Waals surface area contributed by atoms with E-state index in [0.717, 1.165) is 72.6 Å². The number of thioether (sulfide) groups is 1. The van der Waals surface area contributed by atoms with E-state index >= 15 is 0 Å². The van der Waals surface area contributed by atoms with E-state index in [9.17, 15) is 18.0 Å². The van der Waals surface area contributed by atoms with Crippen molar-refractivity contribution in [1.82, 2.24) is 19.8 Å². The number of rotatable bonds is 6. The summed E-state index contributed by atoms with van der Waals surface area (Å²) in [4.78, 5) is 30.3. The van der Waals surface area contributed by atoms with Gasteiger partial charge in [0.2, 0.25) is 5.95 Å². The number of nitrogens with one attached hydrogen (secondary N) is 1. The monoisotopic (exact) mass is 626 g/mol. The zero-order chi connectivity index (χ0) is 29.5. The van der Waals surface area contributed by atoms with E-state index < -0.39 is 11.7 Å². The third-order valence-electron chi connectivity index (χ3n) is 9.57. The van der Waals surface area contributed by atoms with Crippen LogP contribution in [-0.2, 0) is 6.18 Å². The van der Waals surface area contributed by atoms with Gasteiger partial charge in [-0.25, -0.2) is 9.97 Å². The molecule has 2 bridgehead atoms. The van der Waals surface area contributed by atoms with Gasteiger partial charge in [0.25, 0.3) is 5.91 Å². The first-order valence-corrected chi connectivity index (χ1v) is 16.9. The number of nitrogens with zero attached hydrogens (tertiary/aromatic N) is 5. The molecule has 0 unspecified atom stereocenters. The van der Waals surface area contributed by atoms with Crippen molar-refractivity contribution in [2.45, 2.75) is 73.6 Å². The van der Waals surface area contributed by atoms with E-state index in [2.05, 4.69) is 44.3 Å². The van der Waals surface area contributed by atoms with Gasteiger partial charge >= 0.3 is 6.18 Å². The Hall–Kier alpha value is -2.83. The van der Waals surface area contributed by atoms with Gasteiger partial charge in [-0.2, -0.15) is 13.2 Å². The Balaban J connectivity index is 1.11. The zero-order valence-corrected chi connectivity index (χ0v) is 25.5. The lowest BCUT2D eigenvalue weighted by Gasteiger charge is -2.40. The molecule has 1 N–H and O–H groups in total. The maximum atomic E-state index is 14.2. The third kappa shape index (κ3) is 5.18. The first kappa shape index (κ1) is 27.7. The number of likely N-dealkylation sites (N-methyl/N-ethyl adjacent to an activating group) is 1. The van der Waals surface area contributed by atoms with Crippen LogP contribution in [-0.4, -0.2) is 76.2 Å². The zero-order valence-electron chi connectivity index (χ0n) is 23.9. The van der Waals surface area contributed by atoms with Gasteiger partial charge in [-0.05, 0) is 81.3 Å². The number of halogens is 3. The van der Waals surface area contributed by atoms with Crippen LogP contribution in [0.2, 0.25) is 0 Å². The smallest absolute Gasteiger partial charge is 0.368 e. The lowest BCUT2D eigenvalue weighted by atomic mass is 10.1. The van der Waals surface area contributed by atoms with Crippen molar-refractivity contribution in [3.8, 4) is 10.6 Å². The van der Waals surface area contributed by atoms with Crippen LogP contribution < -0.4 is 10.2 Å². The number of thiophene rings is 1. The van der Waals surface area contributed by atoms with Crippen LogP contribution in [0.15, 0.2) is 35.4 Å². The Morgan fingerprint density at radius 3 is 2.44 bits per heavy atom. The van der Waals surface area contributed by atoms with Crippen LogP contribution >= 0.6 is 23.1 Å². The molecule has 226 valence electrons. The third-order valence-corrected chi connectivity index (χ3v) is 11.8. The molecule has 2 aromatic heterocycles. The molecule has 1 aromatic carbocycles. The van der Waals surface area contributed by atoms with Crippen LogP contribution in [0.25, 0.3) is 10.6 Å². The fraction of sp³-hybridized carbons (Fsp3) is 0.516. The normalized spacial score (nSPS) is 24.3. The molecule has 4 fully saturated rings. The molecule has 7 nitrogen and oxygen atoms in total. The molecule has 3 aliphatic heterocycles. The fourth-order valence-electron chi connectivity index (χ4n) is 6.84. The summed E-state index contributed by atoms with van der Waals surface area (Å²) in [6.45, 7) is 2.69. The van der Waals surface area contributed by atoms with Crippen molar-refractivity contribution in [3.05, 3.63) is 46.5 Å². The number of aromatic nitrogens is 2. The fourth-order valence-corrected chi connectivity index (χ4v) is 9.16. The molecule has 5 aliphatic rings. The van der Waals surface area contributed by atoms with Crippen LogP contribution in [0.4, 0.5) is 30.5 Å². The highest BCUT2D eigenvalue weighted by Crippen LogP contribution is 2.47. The van der Waals surface area contributed by atoms with Gasteiger partial charge in [0.05, 0.1) is 10.6 Å². The molecule has 0 radical (unpaired) electrons. The van der Waals surface area contributed by atoms with Gasteiger partial charge in [0.1, 0.15) is 10.4 Å². The van der Waals surface area contributed by atoms with Crippen molar-refractivity contribution in [1.29, 1.82) is 0 Å². The average molecular weight is 627 g/mol. The quantitative estimate of drug-likeness (QED) is 0.322. The molecule has 1 amide bonds. The summed E-state index contributed by atoms with van der Waals surface area (Å²) >= 11 is 2.63. The summed E-state index contributed by atoms with van der Waals surface area (Å²) < 4.78 is 42.6. The number of hydrogen-bond donors (Lipinski definition) is 1. The lowest BCUT2D eigenvalue weighted by molar-refractivity contribution is -0.137. The standard InChI is InChI=1S/C31H33F3N6OS2/c1-38-20-6-7-21(38)16-39(15-20)19-8-9-24(22(12-19)17-2-3-17)36-30-35-14-23(31(32,33)34)27(37-30)25-13-26-28(43-25)29(41)40(10-11-42-26)18-4-5-18/h8-9,12-14,17-18,20-21H,2-7,10-11,15-16H2,1H3,(H,35,36,37)/t20-,21+. The van der Waals surface area contributed by atoms with E-state index in [0.29, 0.717) is 34.3 Å². The minimum atomic E-state index is -4.63. The SMILES string of the molecule is CN1[C@@H]2CC[C@H]1CN(c1ccc(Nc3ncc(C(F)(F)F)c(-c4cc5c(s4)C(=O)N(C4CC4)CCS5)n3)c(C3CC3)c1)C2. The molecule has 2 aliphatic carbocycles. The van der Waals surface area contributed by atoms with Crippen LogP contribution in [0.1, 0.15) is 65.2 Å². The lowest BCUT2D eigenvalue weighted by Crippen LogP contribution is -2.52. The molecule has 43 heavy (non-hydrogen) atoms. The van der Waals surface area contributed by atoms with E-state index in [1.165, 1.54) is 35.9 Å². The maximum Gasteiger partial charge on any atom is 0.420 e. The maximum absolute atomic E-state index is 14.2. The van der Waals surface area contributed by atoms with Crippen molar-refractivity contribution in [3.63, 3.8) is 0 Å². The van der Waals surface area contributed by atoms with Gasteiger partial charge < -0.3 is 15.1 Å². The number of anilines is 3. The predicted octanol–water partition coefficient (Wildman–Crippen LogP) is 6.84. The van der Waals surface area contributed by atoms with Crippen molar-refractivity contribution < 1.29 is 18.0 Å². The van der Waals surface area contributed by atoms with Crippen LogP contribution in [0, 0.1) is 0 Å². The van der Waals surface area contributed by atoms with Crippen LogP contribution in [0.3, 0.4) is 0 Å². The number of hydrogen-bond acceptors (Lipinski definition) is 8. The number of benzene rings is 1. The second kappa shape index (κ2) is 10.4. The van der Waals surface area contributed by atoms with E-state index in [1.54, 1.807) is 6.07 Å². The van der Waals surface area contributed by atoms with Gasteiger partial charge in [-0.3, -0.25) is 9.69 Å². The molecule has 8 rings (SSSR count). The molecule has 0 spiro atoms. The molecule has 2 saturated heterocycles. The molecule has 2 saturated carbocycles. The number of carbonyl (C=O) groups is 1. The number of amides is 1. The second-order valence-electron chi connectivity index (χ2n) is 12.5. The summed E-state index contributed by atoms with van der Waals surface area (Å²) in [6, 6.07) is 9.50. The molecule has 5 heterocycles. The Bertz CT molecular complexity index is 1570. The Morgan fingerprint density at radius 2 is 1.74 bits per heavy atom. The average Bonchev–Trinajstić information content (AvgIpc) is 3.91. The number of alkyl halides is 3. The first-order valence-electron chi connectivity index (χ1n) is 15.1. The molecular weight excluding hydrogens is 594 g/mol. The van der Waals surface area contributed by atoms with Gasteiger partial charge in [0.15, 0.2) is 0 Å². The Kier molecular flexibility index (Phi) is 6.68. The Morgan fingerprint density at radius 1 is 1.00 bits per heavy atom. The first-order chi connectivity index (χ1) is 20.7. The molecular formula is C31H33F3N6OS2. The number of piperazine rings is 1. The minimum Gasteiger partial charge on any atom is -0.368 e. The van der Waals surface area contributed by atoms with Crippen molar-refractivity contribution >= 4 is 46.3 Å². The summed E-state index contributed by atoms with van der Waals surface area (Å²) in [5.41, 5.74) is 2.12. The largest absolute Gasteiger partial charge is 0.420 e. The topological polar surface area (TPSA) is 64.6 Å².